The standard InChI is InChI=1S/C17H16O5S/c1-3-22-13-7-5-11(10-14(13)21-2)4-6-12(18)15-8-9-16(23-15)17(19)20/h4-10H,3H2,1-2H3,(H,19,20)/p-1/b6-4+. The van der Waals surface area contributed by atoms with Gasteiger partial charge >= 0.3 is 0 Å². The van der Waals surface area contributed by atoms with Gasteiger partial charge in [-0.15, -0.1) is 11.3 Å². The number of ketones is 1. The molecule has 0 atom stereocenters. The van der Waals surface area contributed by atoms with E-state index in [0.717, 1.165) is 16.9 Å². The van der Waals surface area contributed by atoms with E-state index in [4.69, 9.17) is 9.47 Å². The van der Waals surface area contributed by atoms with Gasteiger partial charge in [0.25, 0.3) is 0 Å². The fraction of sp³-hybridized carbons (Fsp3) is 0.176. The zero-order valence-corrected chi connectivity index (χ0v) is 13.5. The van der Waals surface area contributed by atoms with Crippen LogP contribution >= 0.6 is 11.3 Å². The van der Waals surface area contributed by atoms with Crippen molar-refractivity contribution in [3.8, 4) is 11.5 Å². The minimum Gasteiger partial charge on any atom is -0.544 e. The van der Waals surface area contributed by atoms with Crippen LogP contribution in [0.3, 0.4) is 0 Å². The molecule has 0 aliphatic heterocycles. The molecule has 0 aliphatic rings. The molecule has 0 unspecified atom stereocenters. The second kappa shape index (κ2) is 7.60. The summed E-state index contributed by atoms with van der Waals surface area (Å²) in [7, 11) is 1.55. The van der Waals surface area contributed by atoms with E-state index in [1.807, 2.05) is 6.92 Å². The molecule has 0 saturated carbocycles. The van der Waals surface area contributed by atoms with Crippen molar-refractivity contribution in [2.75, 3.05) is 13.7 Å². The zero-order valence-electron chi connectivity index (χ0n) is 12.7. The third kappa shape index (κ3) is 4.20. The molecule has 1 aromatic heterocycles. The van der Waals surface area contributed by atoms with Crippen molar-refractivity contribution >= 4 is 29.2 Å². The predicted molar refractivity (Wildman–Crippen MR) is 86.2 cm³/mol. The second-order valence-corrected chi connectivity index (χ2v) is 5.58. The van der Waals surface area contributed by atoms with Crippen LogP contribution in [0.5, 0.6) is 11.5 Å². The third-order valence-electron chi connectivity index (χ3n) is 2.96. The van der Waals surface area contributed by atoms with Crippen LogP contribution in [0, 0.1) is 0 Å². The number of allylic oxidation sites excluding steroid dienone is 1. The number of carboxylic acid groups (broad SMARTS) is 1. The maximum atomic E-state index is 12.0. The summed E-state index contributed by atoms with van der Waals surface area (Å²) in [5, 5.41) is 10.7. The van der Waals surface area contributed by atoms with Crippen molar-refractivity contribution < 1.29 is 24.2 Å². The van der Waals surface area contributed by atoms with E-state index in [-0.39, 0.29) is 10.7 Å². The maximum absolute atomic E-state index is 12.0. The molecule has 0 bridgehead atoms. The molecule has 0 radical (unpaired) electrons. The van der Waals surface area contributed by atoms with E-state index in [0.29, 0.717) is 23.0 Å². The van der Waals surface area contributed by atoms with Crippen LogP contribution in [0.1, 0.15) is 31.8 Å². The maximum Gasteiger partial charge on any atom is 0.195 e. The first-order chi connectivity index (χ1) is 11.0. The molecule has 23 heavy (non-hydrogen) atoms. The van der Waals surface area contributed by atoms with Gasteiger partial charge in [0, 0.05) is 0 Å². The first-order valence-electron chi connectivity index (χ1n) is 6.89. The van der Waals surface area contributed by atoms with Gasteiger partial charge in [0.2, 0.25) is 0 Å². The van der Waals surface area contributed by atoms with Gasteiger partial charge in [0.05, 0.1) is 29.4 Å². The highest BCUT2D eigenvalue weighted by molar-refractivity contribution is 7.16. The Morgan fingerprint density at radius 2 is 1.91 bits per heavy atom. The van der Waals surface area contributed by atoms with Crippen molar-refractivity contribution in [1.29, 1.82) is 0 Å². The van der Waals surface area contributed by atoms with E-state index in [1.165, 1.54) is 18.2 Å². The molecular formula is C17H15O5S-. The normalized spacial score (nSPS) is 10.7. The summed E-state index contributed by atoms with van der Waals surface area (Å²) in [4.78, 5) is 23.1. The molecule has 5 nitrogen and oxygen atoms in total. The molecule has 0 fully saturated rings. The lowest BCUT2D eigenvalue weighted by Gasteiger charge is -2.09. The van der Waals surface area contributed by atoms with E-state index in [1.54, 1.807) is 31.4 Å². The Bertz CT molecular complexity index is 745. The number of rotatable bonds is 7. The molecule has 1 aromatic carbocycles. The molecule has 0 spiro atoms. The van der Waals surface area contributed by atoms with E-state index in [9.17, 15) is 14.7 Å². The number of ether oxygens (including phenoxy) is 2. The second-order valence-electron chi connectivity index (χ2n) is 4.49. The monoisotopic (exact) mass is 331 g/mol. The van der Waals surface area contributed by atoms with Crippen molar-refractivity contribution in [3.63, 3.8) is 0 Å². The van der Waals surface area contributed by atoms with Crippen molar-refractivity contribution in [2.45, 2.75) is 6.92 Å². The molecule has 0 N–H and O–H groups in total. The molecule has 2 rings (SSSR count). The lowest BCUT2D eigenvalue weighted by molar-refractivity contribution is -0.254. The number of carbonyl (C=O) groups is 2. The fourth-order valence-corrected chi connectivity index (χ4v) is 2.66. The first-order valence-corrected chi connectivity index (χ1v) is 7.71. The lowest BCUT2D eigenvalue weighted by Crippen LogP contribution is -2.20. The van der Waals surface area contributed by atoms with Crippen molar-refractivity contribution in [1.82, 2.24) is 0 Å². The summed E-state index contributed by atoms with van der Waals surface area (Å²) < 4.78 is 10.7. The van der Waals surface area contributed by atoms with Gasteiger partial charge in [-0.25, -0.2) is 0 Å². The average Bonchev–Trinajstić information content (AvgIpc) is 3.04. The number of benzene rings is 1. The highest BCUT2D eigenvalue weighted by Crippen LogP contribution is 2.28. The Kier molecular flexibility index (Phi) is 5.54. The summed E-state index contributed by atoms with van der Waals surface area (Å²) in [6, 6.07) is 8.17. The molecular weight excluding hydrogens is 316 g/mol. The Morgan fingerprint density at radius 1 is 1.17 bits per heavy atom. The van der Waals surface area contributed by atoms with Gasteiger partial charge in [0.15, 0.2) is 17.3 Å². The highest BCUT2D eigenvalue weighted by Gasteiger charge is 2.08. The van der Waals surface area contributed by atoms with E-state index in [2.05, 4.69) is 0 Å². The van der Waals surface area contributed by atoms with Crippen molar-refractivity contribution in [3.05, 3.63) is 51.7 Å². The van der Waals surface area contributed by atoms with Crippen LogP contribution < -0.4 is 14.6 Å². The van der Waals surface area contributed by atoms with Gasteiger partial charge < -0.3 is 19.4 Å². The third-order valence-corrected chi connectivity index (χ3v) is 4.04. The number of hydrogen-bond donors (Lipinski definition) is 0. The van der Waals surface area contributed by atoms with Crippen LogP contribution in [0.2, 0.25) is 0 Å². The molecule has 0 amide bonds. The van der Waals surface area contributed by atoms with Crippen LogP contribution in [0.25, 0.3) is 6.08 Å². The van der Waals surface area contributed by atoms with Gasteiger partial charge in [0.1, 0.15) is 0 Å². The predicted octanol–water partition coefficient (Wildman–Crippen LogP) is 2.42. The van der Waals surface area contributed by atoms with Crippen LogP contribution in [-0.2, 0) is 0 Å². The minimum absolute atomic E-state index is 0.0319. The molecule has 1 heterocycles. The van der Waals surface area contributed by atoms with E-state index >= 15 is 0 Å². The average molecular weight is 331 g/mol. The quantitative estimate of drug-likeness (QED) is 0.575. The Hall–Kier alpha value is -2.60. The summed E-state index contributed by atoms with van der Waals surface area (Å²) in [6.45, 7) is 2.41. The summed E-state index contributed by atoms with van der Waals surface area (Å²) >= 11 is 0.893. The summed E-state index contributed by atoms with van der Waals surface area (Å²) in [6.07, 6.45) is 3.03. The number of aromatic carboxylic acids is 1. The SMILES string of the molecule is CCOc1ccc(/C=C/C(=O)c2ccc(C(=O)[O-])s2)cc1OC. The van der Waals surface area contributed by atoms with E-state index < -0.39 is 5.97 Å². The number of hydrogen-bond acceptors (Lipinski definition) is 6. The van der Waals surface area contributed by atoms with Gasteiger partial charge in [-0.3, -0.25) is 4.79 Å². The molecule has 2 aromatic rings. The highest BCUT2D eigenvalue weighted by atomic mass is 32.1. The van der Waals surface area contributed by atoms with Gasteiger partial charge in [-0.1, -0.05) is 12.1 Å². The largest absolute Gasteiger partial charge is 0.544 e. The minimum atomic E-state index is -1.28. The number of thiophene rings is 1. The molecule has 0 aliphatic carbocycles. The molecule has 0 saturated heterocycles. The van der Waals surface area contributed by atoms with Crippen LogP contribution in [0.4, 0.5) is 0 Å². The topological polar surface area (TPSA) is 75.7 Å². The van der Waals surface area contributed by atoms with Gasteiger partial charge in [-0.05, 0) is 42.8 Å². The van der Waals surface area contributed by atoms with Crippen LogP contribution in [0.15, 0.2) is 36.4 Å². The smallest absolute Gasteiger partial charge is 0.195 e. The molecule has 6 heteroatoms. The first kappa shape index (κ1) is 16.8. The van der Waals surface area contributed by atoms with Gasteiger partial charge in [-0.2, -0.15) is 0 Å². The summed E-state index contributed by atoms with van der Waals surface area (Å²) in [5.41, 5.74) is 0.773. The Morgan fingerprint density at radius 3 is 2.52 bits per heavy atom. The lowest BCUT2D eigenvalue weighted by atomic mass is 10.1. The Labute approximate surface area is 137 Å². The number of carboxylic acids is 1. The Balaban J connectivity index is 2.15. The van der Waals surface area contributed by atoms with Crippen molar-refractivity contribution in [2.24, 2.45) is 0 Å². The fourth-order valence-electron chi connectivity index (χ4n) is 1.90. The summed E-state index contributed by atoms with van der Waals surface area (Å²) in [5.74, 6) is -0.336. The number of methoxy groups -OCH3 is 1. The zero-order chi connectivity index (χ0) is 16.8. The molecule has 120 valence electrons. The van der Waals surface area contributed by atoms with Crippen LogP contribution in [-0.4, -0.2) is 25.5 Å². The number of carbonyl (C=O) groups excluding carboxylic acids is 2.